The number of nitrogens with zero attached hydrogens (tertiary/aromatic N) is 4. The molecule has 2 aliphatic heterocycles. The highest BCUT2D eigenvalue weighted by Gasteiger charge is 2.44. The van der Waals surface area contributed by atoms with Gasteiger partial charge in [0.1, 0.15) is 6.10 Å². The summed E-state index contributed by atoms with van der Waals surface area (Å²) in [5.74, 6) is 2.34. The van der Waals surface area contributed by atoms with Crippen molar-refractivity contribution in [2.75, 3.05) is 44.8 Å². The molecule has 3 heterocycles. The summed E-state index contributed by atoms with van der Waals surface area (Å²) in [6.45, 7) is 7.08. The average Bonchev–Trinajstić information content (AvgIpc) is 3.15. The topological polar surface area (TPSA) is 88.0 Å². The van der Waals surface area contributed by atoms with Crippen molar-refractivity contribution in [3.05, 3.63) is 42.2 Å². The fourth-order valence-corrected chi connectivity index (χ4v) is 4.67. The minimum atomic E-state index is -0.115. The van der Waals surface area contributed by atoms with Crippen LogP contribution in [0.4, 0.5) is 5.95 Å². The highest BCUT2D eigenvalue weighted by molar-refractivity contribution is 5.77. The third-order valence-corrected chi connectivity index (χ3v) is 6.85. The summed E-state index contributed by atoms with van der Waals surface area (Å²) in [5.41, 5.74) is 1.11. The maximum absolute atomic E-state index is 12.4. The Morgan fingerprint density at radius 1 is 1.22 bits per heavy atom. The van der Waals surface area contributed by atoms with Crippen molar-refractivity contribution >= 4 is 11.9 Å². The van der Waals surface area contributed by atoms with E-state index in [2.05, 4.69) is 40.8 Å². The molecule has 8 heteroatoms. The zero-order chi connectivity index (χ0) is 22.7. The number of aliphatic hydroxyl groups is 1. The molecule has 32 heavy (non-hydrogen) atoms. The third-order valence-electron chi connectivity index (χ3n) is 6.85. The molecule has 1 amide bonds. The maximum atomic E-state index is 12.4. The van der Waals surface area contributed by atoms with Crippen LogP contribution in [0.2, 0.25) is 0 Å². The summed E-state index contributed by atoms with van der Waals surface area (Å²) >= 11 is 0. The molecule has 1 N–H and O–H groups in total. The number of anilines is 1. The Morgan fingerprint density at radius 3 is 2.62 bits per heavy atom. The molecule has 8 nitrogen and oxygen atoms in total. The zero-order valence-electron chi connectivity index (χ0n) is 19.0. The lowest BCUT2D eigenvalue weighted by Crippen LogP contribution is -2.54. The molecule has 0 aliphatic carbocycles. The molecule has 2 aromatic rings. The normalized spacial score (nSPS) is 23.2. The highest BCUT2D eigenvalue weighted by Crippen LogP contribution is 2.47. The van der Waals surface area contributed by atoms with E-state index in [1.54, 1.807) is 25.6 Å². The van der Waals surface area contributed by atoms with Crippen LogP contribution in [0.25, 0.3) is 0 Å². The number of carbonyl (C=O) groups excluding carboxylic acids is 1. The van der Waals surface area contributed by atoms with Crippen LogP contribution in [0, 0.1) is 5.41 Å². The first kappa shape index (κ1) is 22.3. The predicted molar refractivity (Wildman–Crippen MR) is 121 cm³/mol. The van der Waals surface area contributed by atoms with E-state index in [1.807, 2.05) is 11.0 Å². The van der Waals surface area contributed by atoms with E-state index in [0.717, 1.165) is 30.8 Å². The Morgan fingerprint density at radius 2 is 1.97 bits per heavy atom. The summed E-state index contributed by atoms with van der Waals surface area (Å²) in [7, 11) is 1.65. The van der Waals surface area contributed by atoms with Gasteiger partial charge < -0.3 is 24.4 Å². The van der Waals surface area contributed by atoms with E-state index in [0.29, 0.717) is 24.8 Å². The van der Waals surface area contributed by atoms with Crippen LogP contribution in [0.15, 0.2) is 36.7 Å². The number of hydrogen-bond acceptors (Lipinski definition) is 7. The van der Waals surface area contributed by atoms with Gasteiger partial charge in [-0.25, -0.2) is 9.97 Å². The van der Waals surface area contributed by atoms with Crippen molar-refractivity contribution < 1.29 is 19.4 Å². The van der Waals surface area contributed by atoms with Crippen molar-refractivity contribution in [2.24, 2.45) is 5.41 Å². The van der Waals surface area contributed by atoms with Gasteiger partial charge in [-0.2, -0.15) is 0 Å². The second kappa shape index (κ2) is 9.32. The lowest BCUT2D eigenvalue weighted by Gasteiger charge is -2.39. The molecule has 0 spiro atoms. The standard InChI is InChI=1S/C24H32N4O4/c1-4-24(2)16-28(22(30)8-11-29)15-19(24)17-6-7-20(31-3)21(12-17)32-18-13-27(14-18)23-25-9-5-10-26-23/h5-7,9-10,12,18-19,29H,4,8,11,13-16H2,1-3H3. The first-order valence-electron chi connectivity index (χ1n) is 11.2. The van der Waals surface area contributed by atoms with Crippen molar-refractivity contribution in [1.29, 1.82) is 0 Å². The van der Waals surface area contributed by atoms with Crippen LogP contribution >= 0.6 is 0 Å². The Balaban J connectivity index is 1.50. The van der Waals surface area contributed by atoms with Gasteiger partial charge in [-0.3, -0.25) is 4.79 Å². The second-order valence-corrected chi connectivity index (χ2v) is 8.91. The number of carbonyl (C=O) groups is 1. The lowest BCUT2D eigenvalue weighted by molar-refractivity contribution is -0.131. The van der Waals surface area contributed by atoms with Crippen LogP contribution < -0.4 is 14.4 Å². The molecule has 0 radical (unpaired) electrons. The van der Waals surface area contributed by atoms with E-state index in [1.165, 1.54) is 0 Å². The zero-order valence-corrected chi connectivity index (χ0v) is 19.0. The van der Waals surface area contributed by atoms with Crippen LogP contribution in [0.5, 0.6) is 11.5 Å². The highest BCUT2D eigenvalue weighted by atomic mass is 16.5. The van der Waals surface area contributed by atoms with Crippen LogP contribution in [0.1, 0.15) is 38.2 Å². The molecule has 1 aromatic heterocycles. The number of benzene rings is 1. The van der Waals surface area contributed by atoms with Crippen molar-refractivity contribution in [2.45, 2.75) is 38.7 Å². The van der Waals surface area contributed by atoms with E-state index < -0.39 is 0 Å². The number of amides is 1. The van der Waals surface area contributed by atoms with Crippen LogP contribution in [0.3, 0.4) is 0 Å². The average molecular weight is 441 g/mol. The fourth-order valence-electron chi connectivity index (χ4n) is 4.67. The first-order chi connectivity index (χ1) is 15.5. The smallest absolute Gasteiger partial charge is 0.225 e. The molecular formula is C24H32N4O4. The van der Waals surface area contributed by atoms with Gasteiger partial charge in [0.05, 0.1) is 26.8 Å². The Labute approximate surface area is 189 Å². The van der Waals surface area contributed by atoms with Gasteiger partial charge in [-0.05, 0) is 35.6 Å². The van der Waals surface area contributed by atoms with E-state index in [9.17, 15) is 9.90 Å². The SMILES string of the molecule is CCC1(C)CN(C(=O)CCO)CC1c1ccc(OC)c(OC2CN(c3ncccn3)C2)c1. The summed E-state index contributed by atoms with van der Waals surface area (Å²) in [6, 6.07) is 7.91. The number of likely N-dealkylation sites (tertiary alicyclic amines) is 1. The Kier molecular flexibility index (Phi) is 6.50. The summed E-state index contributed by atoms with van der Waals surface area (Å²) in [6.07, 6.45) is 4.64. The van der Waals surface area contributed by atoms with Gasteiger partial charge >= 0.3 is 0 Å². The van der Waals surface area contributed by atoms with Crippen LogP contribution in [-0.4, -0.2) is 71.9 Å². The molecule has 2 atom stereocenters. The first-order valence-corrected chi connectivity index (χ1v) is 11.2. The van der Waals surface area contributed by atoms with Crippen molar-refractivity contribution in [3.8, 4) is 11.5 Å². The molecule has 2 fully saturated rings. The summed E-state index contributed by atoms with van der Waals surface area (Å²) < 4.78 is 11.9. The number of hydrogen-bond donors (Lipinski definition) is 1. The minimum absolute atomic E-state index is 0.0114. The quantitative estimate of drug-likeness (QED) is 0.675. The van der Waals surface area contributed by atoms with Gasteiger partial charge in [0, 0.05) is 37.8 Å². The molecule has 2 saturated heterocycles. The van der Waals surface area contributed by atoms with E-state index >= 15 is 0 Å². The maximum Gasteiger partial charge on any atom is 0.225 e. The number of aromatic nitrogens is 2. The Hall–Kier alpha value is -2.87. The minimum Gasteiger partial charge on any atom is -0.493 e. The van der Waals surface area contributed by atoms with Gasteiger partial charge in [0.25, 0.3) is 0 Å². The Bertz CT molecular complexity index is 935. The second-order valence-electron chi connectivity index (χ2n) is 8.91. The van der Waals surface area contributed by atoms with Gasteiger partial charge in [-0.15, -0.1) is 0 Å². The number of rotatable bonds is 8. The van der Waals surface area contributed by atoms with Crippen molar-refractivity contribution in [1.82, 2.24) is 14.9 Å². The number of ether oxygens (including phenoxy) is 2. The van der Waals surface area contributed by atoms with Gasteiger partial charge in [0.15, 0.2) is 11.5 Å². The molecular weight excluding hydrogens is 408 g/mol. The fraction of sp³-hybridized carbons (Fsp3) is 0.542. The lowest BCUT2D eigenvalue weighted by atomic mass is 9.74. The van der Waals surface area contributed by atoms with Gasteiger partial charge in [0.2, 0.25) is 11.9 Å². The number of aliphatic hydroxyl groups excluding tert-OH is 1. The molecule has 4 rings (SSSR count). The largest absolute Gasteiger partial charge is 0.493 e. The monoisotopic (exact) mass is 440 g/mol. The van der Waals surface area contributed by atoms with Crippen LogP contribution in [-0.2, 0) is 4.79 Å². The molecule has 1 aromatic carbocycles. The molecule has 172 valence electrons. The van der Waals surface area contributed by atoms with E-state index in [-0.39, 0.29) is 36.4 Å². The predicted octanol–water partition coefficient (Wildman–Crippen LogP) is 2.48. The summed E-state index contributed by atoms with van der Waals surface area (Å²) in [4.78, 5) is 25.0. The molecule has 0 saturated carbocycles. The third kappa shape index (κ3) is 4.37. The molecule has 2 aliphatic rings. The van der Waals surface area contributed by atoms with Crippen molar-refractivity contribution in [3.63, 3.8) is 0 Å². The molecule has 0 bridgehead atoms. The molecule has 2 unspecified atom stereocenters. The summed E-state index contributed by atoms with van der Waals surface area (Å²) in [5, 5.41) is 9.18. The van der Waals surface area contributed by atoms with Gasteiger partial charge in [-0.1, -0.05) is 19.9 Å². The van der Waals surface area contributed by atoms with E-state index in [4.69, 9.17) is 9.47 Å². The number of methoxy groups -OCH3 is 1.